The van der Waals surface area contributed by atoms with E-state index in [1.54, 1.807) is 36.4 Å². The van der Waals surface area contributed by atoms with E-state index in [0.29, 0.717) is 28.8 Å². The van der Waals surface area contributed by atoms with Crippen molar-refractivity contribution in [1.82, 2.24) is 10.9 Å². The van der Waals surface area contributed by atoms with Crippen molar-refractivity contribution in [2.45, 2.75) is 19.8 Å². The SMILES string of the molecule is C/C=C/C=C/C(=O)NNC(=O)CCCOc1ccc(Cl)cc1Cl. The molecular formula is C16H18Cl2N2O3. The van der Waals surface area contributed by atoms with Crippen molar-refractivity contribution in [3.63, 3.8) is 0 Å². The number of carbonyl (C=O) groups excluding carboxylic acids is 2. The number of carbonyl (C=O) groups is 2. The Morgan fingerprint density at radius 3 is 2.70 bits per heavy atom. The van der Waals surface area contributed by atoms with Crippen molar-refractivity contribution in [2.75, 3.05) is 6.61 Å². The molecule has 0 saturated heterocycles. The predicted molar refractivity (Wildman–Crippen MR) is 91.4 cm³/mol. The van der Waals surface area contributed by atoms with Gasteiger partial charge in [-0.1, -0.05) is 41.4 Å². The summed E-state index contributed by atoms with van der Waals surface area (Å²) in [6, 6.07) is 4.93. The number of rotatable bonds is 7. The number of ether oxygens (including phenoxy) is 1. The van der Waals surface area contributed by atoms with Gasteiger partial charge in [0, 0.05) is 17.5 Å². The zero-order valence-corrected chi connectivity index (χ0v) is 14.2. The fourth-order valence-corrected chi connectivity index (χ4v) is 1.96. The van der Waals surface area contributed by atoms with Crippen LogP contribution in [0.15, 0.2) is 42.5 Å². The third-order valence-corrected chi connectivity index (χ3v) is 3.11. The number of hydrazine groups is 1. The molecule has 0 radical (unpaired) electrons. The van der Waals surface area contributed by atoms with Crippen molar-refractivity contribution >= 4 is 35.0 Å². The molecule has 0 unspecified atom stereocenters. The van der Waals surface area contributed by atoms with Crippen LogP contribution in [-0.2, 0) is 9.59 Å². The van der Waals surface area contributed by atoms with Crippen LogP contribution >= 0.6 is 23.2 Å². The van der Waals surface area contributed by atoms with Gasteiger partial charge in [0.05, 0.1) is 11.6 Å². The summed E-state index contributed by atoms with van der Waals surface area (Å²) < 4.78 is 5.46. The van der Waals surface area contributed by atoms with Gasteiger partial charge in [0.2, 0.25) is 5.91 Å². The van der Waals surface area contributed by atoms with Gasteiger partial charge >= 0.3 is 0 Å². The van der Waals surface area contributed by atoms with Crippen molar-refractivity contribution in [3.8, 4) is 5.75 Å². The first-order valence-electron chi connectivity index (χ1n) is 6.99. The monoisotopic (exact) mass is 356 g/mol. The van der Waals surface area contributed by atoms with E-state index in [9.17, 15) is 9.59 Å². The van der Waals surface area contributed by atoms with Crippen LogP contribution in [0.3, 0.4) is 0 Å². The van der Waals surface area contributed by atoms with E-state index in [2.05, 4.69) is 10.9 Å². The van der Waals surface area contributed by atoms with Crippen molar-refractivity contribution in [3.05, 3.63) is 52.5 Å². The van der Waals surface area contributed by atoms with E-state index in [1.165, 1.54) is 6.08 Å². The maximum absolute atomic E-state index is 11.5. The molecule has 0 spiro atoms. The fraction of sp³-hybridized carbons (Fsp3) is 0.250. The molecule has 0 heterocycles. The number of hydrogen-bond acceptors (Lipinski definition) is 3. The Morgan fingerprint density at radius 2 is 2.00 bits per heavy atom. The van der Waals surface area contributed by atoms with E-state index in [4.69, 9.17) is 27.9 Å². The lowest BCUT2D eigenvalue weighted by Crippen LogP contribution is -2.40. The van der Waals surface area contributed by atoms with Gasteiger partial charge in [0.15, 0.2) is 0 Å². The van der Waals surface area contributed by atoms with Gasteiger partial charge in [-0.05, 0) is 31.5 Å². The molecule has 5 nitrogen and oxygen atoms in total. The van der Waals surface area contributed by atoms with Crippen LogP contribution in [-0.4, -0.2) is 18.4 Å². The second kappa shape index (κ2) is 10.7. The molecule has 0 aliphatic rings. The molecule has 0 atom stereocenters. The number of amides is 2. The molecule has 0 bridgehead atoms. The molecule has 0 saturated carbocycles. The molecule has 1 aromatic rings. The molecule has 0 aliphatic heterocycles. The van der Waals surface area contributed by atoms with Crippen LogP contribution in [0.25, 0.3) is 0 Å². The topological polar surface area (TPSA) is 67.4 Å². The van der Waals surface area contributed by atoms with Crippen LogP contribution in [0.4, 0.5) is 0 Å². The average molecular weight is 357 g/mol. The van der Waals surface area contributed by atoms with E-state index in [0.717, 1.165) is 0 Å². The summed E-state index contributed by atoms with van der Waals surface area (Å²) >= 11 is 11.7. The van der Waals surface area contributed by atoms with E-state index < -0.39 is 5.91 Å². The Hall–Kier alpha value is -1.98. The summed E-state index contributed by atoms with van der Waals surface area (Å²) in [5, 5.41) is 0.947. The lowest BCUT2D eigenvalue weighted by Gasteiger charge is -2.08. The molecule has 2 amide bonds. The highest BCUT2D eigenvalue weighted by Crippen LogP contribution is 2.27. The van der Waals surface area contributed by atoms with E-state index >= 15 is 0 Å². The van der Waals surface area contributed by atoms with Crippen LogP contribution in [0.5, 0.6) is 5.75 Å². The summed E-state index contributed by atoms with van der Waals surface area (Å²) in [4.78, 5) is 22.8. The van der Waals surface area contributed by atoms with Gasteiger partial charge < -0.3 is 4.74 Å². The number of allylic oxidation sites excluding steroid dienone is 3. The molecule has 0 aromatic heterocycles. The second-order valence-electron chi connectivity index (χ2n) is 4.45. The number of hydrogen-bond donors (Lipinski definition) is 2. The lowest BCUT2D eigenvalue weighted by molar-refractivity contribution is -0.126. The minimum absolute atomic E-state index is 0.212. The van der Waals surface area contributed by atoms with Crippen molar-refractivity contribution < 1.29 is 14.3 Å². The Balaban J connectivity index is 2.20. The van der Waals surface area contributed by atoms with Gasteiger partial charge in [-0.2, -0.15) is 0 Å². The first kappa shape index (κ1) is 19.1. The number of benzene rings is 1. The van der Waals surface area contributed by atoms with Gasteiger partial charge in [-0.3, -0.25) is 20.4 Å². The number of halogens is 2. The molecular weight excluding hydrogens is 339 g/mol. The summed E-state index contributed by atoms with van der Waals surface area (Å²) in [7, 11) is 0. The largest absolute Gasteiger partial charge is 0.492 e. The smallest absolute Gasteiger partial charge is 0.262 e. The zero-order valence-electron chi connectivity index (χ0n) is 12.6. The highest BCUT2D eigenvalue weighted by Gasteiger charge is 2.05. The van der Waals surface area contributed by atoms with Crippen molar-refractivity contribution in [1.29, 1.82) is 0 Å². The van der Waals surface area contributed by atoms with E-state index in [1.807, 2.05) is 6.92 Å². The Labute approximate surface area is 145 Å². The third-order valence-electron chi connectivity index (χ3n) is 2.58. The molecule has 0 fully saturated rings. The molecule has 23 heavy (non-hydrogen) atoms. The highest BCUT2D eigenvalue weighted by atomic mass is 35.5. The lowest BCUT2D eigenvalue weighted by atomic mass is 10.3. The summed E-state index contributed by atoms with van der Waals surface area (Å²) in [5.74, 6) is -0.192. The predicted octanol–water partition coefficient (Wildman–Crippen LogP) is 3.43. The molecule has 1 aromatic carbocycles. The highest BCUT2D eigenvalue weighted by molar-refractivity contribution is 6.35. The van der Waals surface area contributed by atoms with Gasteiger partial charge in [-0.15, -0.1) is 0 Å². The molecule has 7 heteroatoms. The number of nitrogens with one attached hydrogen (secondary N) is 2. The standard InChI is InChI=1S/C16H18Cl2N2O3/c1-2-3-4-6-15(21)19-20-16(22)7-5-10-23-14-9-8-12(17)11-13(14)18/h2-4,6,8-9,11H,5,7,10H2,1H3,(H,19,21)(H,20,22)/b3-2+,6-4+. The maximum Gasteiger partial charge on any atom is 0.262 e. The molecule has 1 rings (SSSR count). The van der Waals surface area contributed by atoms with Crippen LogP contribution in [0.1, 0.15) is 19.8 Å². The molecule has 124 valence electrons. The van der Waals surface area contributed by atoms with Gasteiger partial charge in [0.25, 0.3) is 5.91 Å². The first-order valence-corrected chi connectivity index (χ1v) is 7.74. The quantitative estimate of drug-likeness (QED) is 0.340. The van der Waals surface area contributed by atoms with Crippen LogP contribution in [0.2, 0.25) is 10.0 Å². The minimum atomic E-state index is -0.402. The molecule has 0 aliphatic carbocycles. The summed E-state index contributed by atoms with van der Waals surface area (Å²) in [5.41, 5.74) is 4.59. The fourth-order valence-electron chi connectivity index (χ4n) is 1.50. The summed E-state index contributed by atoms with van der Waals surface area (Å²) in [6.45, 7) is 2.16. The van der Waals surface area contributed by atoms with Gasteiger partial charge in [-0.25, -0.2) is 0 Å². The Kier molecular flexibility index (Phi) is 8.87. The average Bonchev–Trinajstić information content (AvgIpc) is 2.51. The Morgan fingerprint density at radius 1 is 1.22 bits per heavy atom. The van der Waals surface area contributed by atoms with Gasteiger partial charge in [0.1, 0.15) is 5.75 Å². The normalized spacial score (nSPS) is 10.9. The second-order valence-corrected chi connectivity index (χ2v) is 5.29. The first-order chi connectivity index (χ1) is 11.0. The Bertz CT molecular complexity index is 601. The van der Waals surface area contributed by atoms with Crippen LogP contribution in [0, 0.1) is 0 Å². The van der Waals surface area contributed by atoms with Crippen molar-refractivity contribution in [2.24, 2.45) is 0 Å². The third kappa shape index (κ3) is 8.28. The van der Waals surface area contributed by atoms with Crippen LogP contribution < -0.4 is 15.6 Å². The minimum Gasteiger partial charge on any atom is -0.492 e. The maximum atomic E-state index is 11.5. The molecule has 2 N–H and O–H groups in total. The zero-order chi connectivity index (χ0) is 17.1. The van der Waals surface area contributed by atoms with E-state index in [-0.39, 0.29) is 12.3 Å². The summed E-state index contributed by atoms with van der Waals surface area (Å²) in [6.07, 6.45) is 7.08.